The first-order valence-electron chi connectivity index (χ1n) is 1.77. The zero-order valence-electron chi connectivity index (χ0n) is 3.67. The molecule has 0 aromatic rings. The summed E-state index contributed by atoms with van der Waals surface area (Å²) in [6, 6.07) is 0. The molecule has 0 aromatic carbocycles. The molecule has 0 radical (unpaired) electrons. The molecule has 0 aliphatic carbocycles. The van der Waals surface area contributed by atoms with Crippen LogP contribution in [0, 0.1) is 0 Å². The Morgan fingerprint density at radius 1 is 1.38 bits per heavy atom. The summed E-state index contributed by atoms with van der Waals surface area (Å²) in [4.78, 5) is 0. The van der Waals surface area contributed by atoms with Crippen molar-refractivity contribution in [3.63, 3.8) is 0 Å². The molecule has 0 nitrogen and oxygen atoms in total. The van der Waals surface area contributed by atoms with Gasteiger partial charge >= 0.3 is 0 Å². The van der Waals surface area contributed by atoms with Gasteiger partial charge in [0.2, 0.25) is 9.91 Å². The zero-order valence-corrected chi connectivity index (χ0v) is 6.85. The fraction of sp³-hybridized carbons (Fsp3) is 1.00. The lowest BCUT2D eigenvalue weighted by Gasteiger charge is -2.06. The van der Waals surface area contributed by atoms with Crippen molar-refractivity contribution in [2.75, 3.05) is 0 Å². The molecular formula is C3H3Br2F3. The lowest BCUT2D eigenvalue weighted by molar-refractivity contribution is 0.117. The predicted molar refractivity (Wildman–Crippen MR) is 32.3 cm³/mol. The second-order valence-corrected chi connectivity index (χ2v) is 4.79. The van der Waals surface area contributed by atoms with Gasteiger partial charge in [-0.15, -0.1) is 0 Å². The van der Waals surface area contributed by atoms with Crippen LogP contribution in [0.1, 0.15) is 6.42 Å². The lowest BCUT2D eigenvalue weighted by Crippen LogP contribution is -2.07. The van der Waals surface area contributed by atoms with E-state index >= 15 is 0 Å². The summed E-state index contributed by atoms with van der Waals surface area (Å²) in [6.45, 7) is 0. The molecule has 0 aromatic heterocycles. The lowest BCUT2D eigenvalue weighted by atomic mass is 10.5. The van der Waals surface area contributed by atoms with Crippen LogP contribution in [-0.4, -0.2) is 9.91 Å². The third-order valence-electron chi connectivity index (χ3n) is 0.386. The van der Waals surface area contributed by atoms with Crippen LogP contribution in [0.4, 0.5) is 13.2 Å². The maximum Gasteiger partial charge on any atom is 0.243 e. The molecule has 0 N–H and O–H groups in total. The maximum atomic E-state index is 12.0. The second-order valence-electron chi connectivity index (χ2n) is 1.21. The van der Waals surface area contributed by atoms with Gasteiger partial charge in [-0.05, 0) is 31.9 Å². The predicted octanol–water partition coefficient (Wildman–Crippen LogP) is 3.05. The summed E-state index contributed by atoms with van der Waals surface area (Å²) in [6.07, 6.45) is -3.47. The third-order valence-corrected chi connectivity index (χ3v) is 1.03. The largest absolute Gasteiger partial charge is 0.243 e. The van der Waals surface area contributed by atoms with Crippen LogP contribution < -0.4 is 0 Å². The molecule has 5 heteroatoms. The molecule has 0 fully saturated rings. The molecule has 0 aliphatic rings. The Balaban J connectivity index is 3.39. The number of hydrogen-bond acceptors (Lipinski definition) is 0. The molecule has 50 valence electrons. The van der Waals surface area contributed by atoms with E-state index in [9.17, 15) is 13.2 Å². The van der Waals surface area contributed by atoms with Crippen molar-refractivity contribution in [2.45, 2.75) is 16.3 Å². The normalized spacial score (nSPS) is 12.8. The Labute approximate surface area is 61.7 Å². The summed E-state index contributed by atoms with van der Waals surface area (Å²) >= 11 is 4.70. The molecule has 0 aliphatic heterocycles. The van der Waals surface area contributed by atoms with Crippen molar-refractivity contribution in [2.24, 2.45) is 0 Å². The van der Waals surface area contributed by atoms with Gasteiger partial charge in [0, 0.05) is 0 Å². The minimum atomic E-state index is -2.63. The van der Waals surface area contributed by atoms with Crippen LogP contribution in [0.3, 0.4) is 0 Å². The van der Waals surface area contributed by atoms with E-state index in [0.29, 0.717) is 0 Å². The highest BCUT2D eigenvalue weighted by Crippen LogP contribution is 2.33. The van der Waals surface area contributed by atoms with E-state index in [1.807, 2.05) is 0 Å². The first-order valence-corrected chi connectivity index (χ1v) is 3.35. The van der Waals surface area contributed by atoms with Crippen LogP contribution in [0.25, 0.3) is 0 Å². The summed E-state index contributed by atoms with van der Waals surface area (Å²) in [7, 11) is 0. The summed E-state index contributed by atoms with van der Waals surface area (Å²) < 4.78 is 32.4. The molecule has 0 spiro atoms. The number of rotatable bonds is 2. The van der Waals surface area contributed by atoms with Crippen LogP contribution in [0.5, 0.6) is 0 Å². The molecule has 0 atom stereocenters. The fourth-order valence-electron chi connectivity index (χ4n) is 0.175. The average molecular weight is 256 g/mol. The van der Waals surface area contributed by atoms with Crippen LogP contribution in [0.15, 0.2) is 0 Å². The molecule has 0 bridgehead atoms. The molecule has 0 heterocycles. The van der Waals surface area contributed by atoms with Crippen molar-refractivity contribution in [3.05, 3.63) is 0 Å². The van der Waals surface area contributed by atoms with Gasteiger partial charge in [0.05, 0.1) is 6.42 Å². The molecular weight excluding hydrogens is 253 g/mol. The number of alkyl halides is 5. The molecule has 0 amide bonds. The number of hydrogen-bond donors (Lipinski definition) is 0. The fourth-order valence-corrected chi connectivity index (χ4v) is 0.664. The quantitative estimate of drug-likeness (QED) is 0.666. The molecule has 8 heavy (non-hydrogen) atoms. The summed E-state index contributed by atoms with van der Waals surface area (Å²) in [5.41, 5.74) is 0. The Morgan fingerprint density at radius 2 is 1.75 bits per heavy atom. The zero-order chi connectivity index (χ0) is 6.78. The van der Waals surface area contributed by atoms with E-state index < -0.39 is 16.3 Å². The highest BCUT2D eigenvalue weighted by Gasteiger charge is 2.25. The first-order chi connectivity index (χ1) is 3.42. The van der Waals surface area contributed by atoms with E-state index in [-0.39, 0.29) is 0 Å². The van der Waals surface area contributed by atoms with Gasteiger partial charge < -0.3 is 0 Å². The van der Waals surface area contributed by atoms with Gasteiger partial charge in [0.25, 0.3) is 0 Å². The highest BCUT2D eigenvalue weighted by atomic mass is 79.9. The second kappa shape index (κ2) is 3.06. The summed E-state index contributed by atoms with van der Waals surface area (Å²) in [5.74, 6) is 0. The van der Waals surface area contributed by atoms with E-state index in [2.05, 4.69) is 31.9 Å². The van der Waals surface area contributed by atoms with Gasteiger partial charge in [-0.25, -0.2) is 13.2 Å². The van der Waals surface area contributed by atoms with Gasteiger partial charge in [-0.2, -0.15) is 0 Å². The van der Waals surface area contributed by atoms with Crippen LogP contribution in [-0.2, 0) is 0 Å². The van der Waals surface area contributed by atoms with Gasteiger partial charge in [0.1, 0.15) is 0 Å². The van der Waals surface area contributed by atoms with Crippen molar-refractivity contribution in [1.82, 2.24) is 0 Å². The third kappa shape index (κ3) is 6.75. The topological polar surface area (TPSA) is 0 Å². The minimum absolute atomic E-state index is 0.840. The SMILES string of the molecule is FC(F)CC(F)(Br)Br. The Morgan fingerprint density at radius 3 is 1.75 bits per heavy atom. The molecule has 0 saturated heterocycles. The maximum absolute atomic E-state index is 12.0. The Bertz CT molecular complexity index is 67.4. The van der Waals surface area contributed by atoms with Crippen molar-refractivity contribution in [1.29, 1.82) is 0 Å². The van der Waals surface area contributed by atoms with E-state index in [1.54, 1.807) is 0 Å². The average Bonchev–Trinajstić information content (AvgIpc) is 1.21. The smallest absolute Gasteiger partial charge is 0.218 e. The minimum Gasteiger partial charge on any atom is -0.218 e. The monoisotopic (exact) mass is 254 g/mol. The van der Waals surface area contributed by atoms with E-state index in [4.69, 9.17) is 0 Å². The van der Waals surface area contributed by atoms with Gasteiger partial charge in [0.15, 0.2) is 0 Å². The number of halogens is 5. The van der Waals surface area contributed by atoms with Crippen molar-refractivity contribution < 1.29 is 13.2 Å². The van der Waals surface area contributed by atoms with Crippen LogP contribution in [0.2, 0.25) is 0 Å². The summed E-state index contributed by atoms with van der Waals surface area (Å²) in [5, 5.41) is 0. The molecule has 0 saturated carbocycles. The Hall–Kier alpha value is 0.750. The Kier molecular flexibility index (Phi) is 3.34. The first kappa shape index (κ1) is 8.75. The van der Waals surface area contributed by atoms with E-state index in [0.717, 1.165) is 0 Å². The van der Waals surface area contributed by atoms with Gasteiger partial charge in [-0.1, -0.05) is 0 Å². The highest BCUT2D eigenvalue weighted by molar-refractivity contribution is 9.25. The van der Waals surface area contributed by atoms with Crippen molar-refractivity contribution in [3.8, 4) is 0 Å². The van der Waals surface area contributed by atoms with Gasteiger partial charge in [-0.3, -0.25) is 0 Å². The van der Waals surface area contributed by atoms with E-state index in [1.165, 1.54) is 0 Å². The standard InChI is InChI=1S/C3H3Br2F3/c4-3(5,8)1-2(6)7/h2H,1H2. The molecule has 0 unspecified atom stereocenters. The van der Waals surface area contributed by atoms with Crippen molar-refractivity contribution >= 4 is 31.9 Å². The molecule has 0 rings (SSSR count). The van der Waals surface area contributed by atoms with Crippen LogP contribution >= 0.6 is 31.9 Å².